The highest BCUT2D eigenvalue weighted by Gasteiger charge is 2.14. The minimum atomic E-state index is -0.388. The van der Waals surface area contributed by atoms with Crippen LogP contribution in [0.25, 0.3) is 10.9 Å². The molecule has 128 valence electrons. The maximum atomic E-state index is 12.5. The summed E-state index contributed by atoms with van der Waals surface area (Å²) in [6.07, 6.45) is 0. The van der Waals surface area contributed by atoms with E-state index < -0.39 is 0 Å². The van der Waals surface area contributed by atoms with E-state index >= 15 is 0 Å². The smallest absolute Gasteiger partial charge is 0.293 e. The van der Waals surface area contributed by atoms with Crippen LogP contribution in [0.3, 0.4) is 0 Å². The monoisotopic (exact) mass is 355 g/mol. The van der Waals surface area contributed by atoms with Crippen molar-refractivity contribution in [1.82, 2.24) is 9.97 Å². The Morgan fingerprint density at radius 2 is 1.92 bits per heavy atom. The van der Waals surface area contributed by atoms with Crippen molar-refractivity contribution in [3.8, 4) is 0 Å². The zero-order chi connectivity index (χ0) is 17.8. The molecule has 3 aromatic rings. The zero-order valence-corrected chi connectivity index (χ0v) is 14.5. The molecule has 0 spiro atoms. The largest absolute Gasteiger partial charge is 0.368 e. The lowest BCUT2D eigenvalue weighted by molar-refractivity contribution is 0.101. The van der Waals surface area contributed by atoms with Crippen LogP contribution in [0.5, 0.6) is 0 Å². The Morgan fingerprint density at radius 1 is 1.16 bits per heavy atom. The average molecular weight is 356 g/mol. The predicted octanol–water partition coefficient (Wildman–Crippen LogP) is 3.21. The number of hydrogen-bond donors (Lipinski definition) is 3. The lowest BCUT2D eigenvalue weighted by Crippen LogP contribution is -2.19. The fourth-order valence-corrected chi connectivity index (χ4v) is 2.52. The molecule has 0 fully saturated rings. The van der Waals surface area contributed by atoms with Crippen LogP contribution in [0.4, 0.5) is 11.5 Å². The zero-order valence-electron chi connectivity index (χ0n) is 13.7. The summed E-state index contributed by atoms with van der Waals surface area (Å²) in [4.78, 5) is 21.3. The molecule has 4 N–H and O–H groups in total. The Labute approximate surface area is 150 Å². The third-order valence-electron chi connectivity index (χ3n) is 3.59. The van der Waals surface area contributed by atoms with Crippen LogP contribution in [0.1, 0.15) is 16.2 Å². The normalized spacial score (nSPS) is 10.7. The Kier molecular flexibility index (Phi) is 5.11. The maximum absolute atomic E-state index is 12.5. The molecule has 0 bridgehead atoms. The third-order valence-corrected chi connectivity index (χ3v) is 3.85. The summed E-state index contributed by atoms with van der Waals surface area (Å²) in [5, 5.41) is 7.39. The molecule has 0 atom stereocenters. The van der Waals surface area contributed by atoms with E-state index in [2.05, 4.69) is 20.6 Å². The maximum Gasteiger partial charge on any atom is 0.293 e. The first-order valence-corrected chi connectivity index (χ1v) is 8.24. The van der Waals surface area contributed by atoms with E-state index in [1.807, 2.05) is 25.1 Å². The van der Waals surface area contributed by atoms with E-state index in [1.54, 1.807) is 24.3 Å². The molecular formula is C18H18ClN5O. The highest BCUT2D eigenvalue weighted by molar-refractivity contribution is 6.30. The Balaban J connectivity index is 1.96. The van der Waals surface area contributed by atoms with Crippen LogP contribution in [0.15, 0.2) is 42.5 Å². The fraction of sp³-hybridized carbons (Fsp3) is 0.167. The molecule has 3 rings (SSSR count). The van der Waals surface area contributed by atoms with Crippen molar-refractivity contribution in [3.05, 3.63) is 58.9 Å². The molecular weight excluding hydrogens is 338 g/mol. The number of anilines is 2. The van der Waals surface area contributed by atoms with Gasteiger partial charge in [0.1, 0.15) is 5.82 Å². The van der Waals surface area contributed by atoms with Crippen molar-refractivity contribution in [2.75, 3.05) is 23.7 Å². The summed E-state index contributed by atoms with van der Waals surface area (Å²) < 4.78 is 0. The summed E-state index contributed by atoms with van der Waals surface area (Å²) in [5.74, 6) is 0.298. The Bertz CT molecular complexity index is 911. The molecule has 1 heterocycles. The topological polar surface area (TPSA) is 92.9 Å². The molecule has 0 saturated heterocycles. The van der Waals surface area contributed by atoms with Gasteiger partial charge in [-0.1, -0.05) is 23.2 Å². The number of carbonyl (C=O) groups is 1. The second kappa shape index (κ2) is 7.46. The van der Waals surface area contributed by atoms with Gasteiger partial charge in [0.15, 0.2) is 0 Å². The Morgan fingerprint density at radius 3 is 2.64 bits per heavy atom. The van der Waals surface area contributed by atoms with Gasteiger partial charge in [0.2, 0.25) is 5.82 Å². The highest BCUT2D eigenvalue weighted by atomic mass is 35.5. The molecule has 2 aromatic carbocycles. The number of hydrogen-bond acceptors (Lipinski definition) is 5. The summed E-state index contributed by atoms with van der Waals surface area (Å²) in [5.41, 5.74) is 7.97. The van der Waals surface area contributed by atoms with Crippen LogP contribution >= 0.6 is 11.6 Å². The van der Waals surface area contributed by atoms with Gasteiger partial charge < -0.3 is 16.4 Å². The number of carbonyl (C=O) groups excluding carboxylic acids is 1. The molecule has 1 aromatic heterocycles. The second-order valence-corrected chi connectivity index (χ2v) is 6.03. The number of nitrogens with one attached hydrogen (secondary N) is 2. The standard InChI is InChI=1S/C18H18ClN5O/c1-11-2-7-15-14(10-11)16(21-9-8-20)24-17(23-15)18(25)22-13-5-3-12(19)4-6-13/h2-7,10H,8-9,20H2,1H3,(H,22,25)(H,21,23,24). The van der Waals surface area contributed by atoms with Crippen molar-refractivity contribution in [1.29, 1.82) is 0 Å². The van der Waals surface area contributed by atoms with E-state index in [9.17, 15) is 4.79 Å². The van der Waals surface area contributed by atoms with Crippen LogP contribution in [0.2, 0.25) is 5.02 Å². The van der Waals surface area contributed by atoms with Crippen LogP contribution in [-0.4, -0.2) is 29.0 Å². The first-order chi connectivity index (χ1) is 12.1. The number of aryl methyl sites for hydroxylation is 1. The minimum absolute atomic E-state index is 0.0887. The van der Waals surface area contributed by atoms with Gasteiger partial charge in [-0.05, 0) is 43.3 Å². The van der Waals surface area contributed by atoms with Gasteiger partial charge in [-0.3, -0.25) is 4.79 Å². The van der Waals surface area contributed by atoms with Crippen LogP contribution in [0, 0.1) is 6.92 Å². The van der Waals surface area contributed by atoms with Gasteiger partial charge in [-0.15, -0.1) is 0 Å². The third kappa shape index (κ3) is 4.04. The molecule has 0 aliphatic rings. The van der Waals surface area contributed by atoms with Gasteiger partial charge in [0, 0.05) is 29.2 Å². The van der Waals surface area contributed by atoms with Gasteiger partial charge in [-0.2, -0.15) is 0 Å². The number of nitrogens with zero attached hydrogens (tertiary/aromatic N) is 2. The van der Waals surface area contributed by atoms with Gasteiger partial charge in [-0.25, -0.2) is 9.97 Å². The summed E-state index contributed by atoms with van der Waals surface area (Å²) >= 11 is 5.86. The lowest BCUT2D eigenvalue weighted by atomic mass is 10.1. The van der Waals surface area contributed by atoms with Crippen molar-refractivity contribution >= 4 is 39.9 Å². The second-order valence-electron chi connectivity index (χ2n) is 5.59. The van der Waals surface area contributed by atoms with Crippen molar-refractivity contribution in [3.63, 3.8) is 0 Å². The van der Waals surface area contributed by atoms with Crippen LogP contribution in [-0.2, 0) is 0 Å². The highest BCUT2D eigenvalue weighted by Crippen LogP contribution is 2.22. The van der Waals surface area contributed by atoms with E-state index in [-0.39, 0.29) is 11.7 Å². The van der Waals surface area contributed by atoms with Crippen LogP contribution < -0.4 is 16.4 Å². The first-order valence-electron chi connectivity index (χ1n) is 7.86. The number of benzene rings is 2. The predicted molar refractivity (Wildman–Crippen MR) is 101 cm³/mol. The number of halogens is 1. The fourth-order valence-electron chi connectivity index (χ4n) is 2.39. The summed E-state index contributed by atoms with van der Waals surface area (Å²) in [7, 11) is 0. The quantitative estimate of drug-likeness (QED) is 0.653. The first kappa shape index (κ1) is 17.1. The van der Waals surface area contributed by atoms with E-state index in [4.69, 9.17) is 17.3 Å². The molecule has 0 aliphatic heterocycles. The van der Waals surface area contributed by atoms with E-state index in [1.165, 1.54) is 0 Å². The minimum Gasteiger partial charge on any atom is -0.368 e. The molecule has 1 amide bonds. The molecule has 0 unspecified atom stereocenters. The van der Waals surface area contributed by atoms with Crippen molar-refractivity contribution < 1.29 is 4.79 Å². The van der Waals surface area contributed by atoms with Gasteiger partial charge in [0.25, 0.3) is 5.91 Å². The molecule has 25 heavy (non-hydrogen) atoms. The number of fused-ring (bicyclic) bond motifs is 1. The van der Waals surface area contributed by atoms with Gasteiger partial charge >= 0.3 is 0 Å². The van der Waals surface area contributed by atoms with Gasteiger partial charge in [0.05, 0.1) is 5.52 Å². The number of amides is 1. The van der Waals surface area contributed by atoms with E-state index in [0.717, 1.165) is 10.9 Å². The van der Waals surface area contributed by atoms with E-state index in [0.29, 0.717) is 35.1 Å². The molecule has 6 nitrogen and oxygen atoms in total. The molecule has 0 radical (unpaired) electrons. The number of nitrogens with two attached hydrogens (primary N) is 1. The number of aromatic nitrogens is 2. The Hall–Kier alpha value is -2.70. The molecule has 0 aliphatic carbocycles. The van der Waals surface area contributed by atoms with Crippen molar-refractivity contribution in [2.24, 2.45) is 5.73 Å². The SMILES string of the molecule is Cc1ccc2nc(C(=O)Nc3ccc(Cl)cc3)nc(NCCN)c2c1. The molecule has 7 heteroatoms. The molecule has 0 saturated carbocycles. The number of rotatable bonds is 5. The van der Waals surface area contributed by atoms with Crippen molar-refractivity contribution in [2.45, 2.75) is 6.92 Å². The average Bonchev–Trinajstić information content (AvgIpc) is 2.61. The summed E-state index contributed by atoms with van der Waals surface area (Å²) in [6, 6.07) is 12.7. The summed E-state index contributed by atoms with van der Waals surface area (Å²) in [6.45, 7) is 3.01. The lowest BCUT2D eigenvalue weighted by Gasteiger charge is -2.11.